The van der Waals surface area contributed by atoms with Crippen LogP contribution in [0.3, 0.4) is 0 Å². The molecule has 0 fully saturated rings. The number of rotatable bonds is 7. The Morgan fingerprint density at radius 2 is 2.03 bits per heavy atom. The molecule has 0 unspecified atom stereocenters. The molecule has 158 valence electrons. The van der Waals surface area contributed by atoms with Crippen molar-refractivity contribution in [2.75, 3.05) is 19.0 Å². The molecule has 4 rings (SSSR count). The minimum absolute atomic E-state index is 0.0449. The molecule has 0 radical (unpaired) electrons. The topological polar surface area (TPSA) is 80.3 Å². The molecule has 2 amide bonds. The van der Waals surface area contributed by atoms with Crippen LogP contribution in [-0.4, -0.2) is 30.5 Å². The number of amides is 2. The number of aryl methyl sites for hydroxylation is 1. The molecule has 2 N–H and O–H groups in total. The smallest absolute Gasteiger partial charge is 0.257 e. The number of anilines is 1. The van der Waals surface area contributed by atoms with E-state index in [0.29, 0.717) is 23.0 Å². The summed E-state index contributed by atoms with van der Waals surface area (Å²) in [6.45, 7) is 0.682. The van der Waals surface area contributed by atoms with E-state index in [2.05, 4.69) is 21.7 Å². The molecule has 1 heterocycles. The van der Waals surface area contributed by atoms with Gasteiger partial charge in [-0.15, -0.1) is 11.3 Å². The number of nitrogens with zero attached hydrogens (tertiary/aromatic N) is 1. The molecule has 0 saturated heterocycles. The quantitative estimate of drug-likeness (QED) is 0.643. The summed E-state index contributed by atoms with van der Waals surface area (Å²) in [5.41, 5.74) is 2.82. The first-order valence-electron chi connectivity index (χ1n) is 10.5. The van der Waals surface area contributed by atoms with Gasteiger partial charge in [0.15, 0.2) is 5.13 Å². The largest absolute Gasteiger partial charge is 0.497 e. The molecule has 0 spiro atoms. The second-order valence-electron chi connectivity index (χ2n) is 7.75. The lowest BCUT2D eigenvalue weighted by Gasteiger charge is -2.14. The minimum atomic E-state index is -0.219. The van der Waals surface area contributed by atoms with Crippen molar-refractivity contribution in [3.05, 3.63) is 52.0 Å². The maximum absolute atomic E-state index is 12.7. The number of aromatic nitrogens is 1. The van der Waals surface area contributed by atoms with Gasteiger partial charge in [0, 0.05) is 17.0 Å². The number of ether oxygens (including phenoxy) is 1. The van der Waals surface area contributed by atoms with Gasteiger partial charge in [0.05, 0.1) is 18.7 Å². The Kier molecular flexibility index (Phi) is 6.47. The number of fused-ring (bicyclic) bond motifs is 1. The van der Waals surface area contributed by atoms with Crippen LogP contribution in [0.15, 0.2) is 35.9 Å². The van der Waals surface area contributed by atoms with Crippen LogP contribution in [0.2, 0.25) is 0 Å². The molecular weight excluding hydrogens is 398 g/mol. The number of carbonyl (C=O) groups excluding carboxylic acids is 2. The van der Waals surface area contributed by atoms with Gasteiger partial charge < -0.3 is 10.1 Å². The Morgan fingerprint density at radius 3 is 2.77 bits per heavy atom. The number of benzene rings is 1. The van der Waals surface area contributed by atoms with Crippen molar-refractivity contribution in [2.45, 2.75) is 50.9 Å². The van der Waals surface area contributed by atoms with Crippen molar-refractivity contribution in [3.8, 4) is 5.75 Å². The van der Waals surface area contributed by atoms with E-state index in [4.69, 9.17) is 4.74 Å². The first kappa shape index (κ1) is 20.6. The van der Waals surface area contributed by atoms with Gasteiger partial charge in [-0.1, -0.05) is 11.6 Å². The van der Waals surface area contributed by atoms with Gasteiger partial charge in [-0.25, -0.2) is 4.98 Å². The summed E-state index contributed by atoms with van der Waals surface area (Å²) in [7, 11) is 1.59. The molecular formula is C23H27N3O3S. The Morgan fingerprint density at radius 1 is 1.20 bits per heavy atom. The normalized spacial score (nSPS) is 17.8. The van der Waals surface area contributed by atoms with Crippen molar-refractivity contribution < 1.29 is 14.3 Å². The van der Waals surface area contributed by atoms with Crippen LogP contribution in [0.25, 0.3) is 0 Å². The number of nitrogens with one attached hydrogen (secondary N) is 2. The molecule has 7 heteroatoms. The lowest BCUT2D eigenvalue weighted by Crippen LogP contribution is -2.29. The average molecular weight is 426 g/mol. The Labute approximate surface area is 180 Å². The van der Waals surface area contributed by atoms with Crippen LogP contribution in [0.1, 0.15) is 65.4 Å². The van der Waals surface area contributed by atoms with E-state index in [1.54, 1.807) is 31.4 Å². The third kappa shape index (κ3) is 4.73. The highest BCUT2D eigenvalue weighted by Crippen LogP contribution is 2.38. The zero-order chi connectivity index (χ0) is 20.9. The summed E-state index contributed by atoms with van der Waals surface area (Å²) in [6.07, 6.45) is 9.74. The Balaban J connectivity index is 1.33. The molecule has 1 aromatic heterocycles. The maximum atomic E-state index is 12.7. The first-order chi connectivity index (χ1) is 14.6. The summed E-state index contributed by atoms with van der Waals surface area (Å²) < 4.78 is 5.12. The number of hydrogen-bond donors (Lipinski definition) is 2. The molecule has 0 aliphatic heterocycles. The third-order valence-electron chi connectivity index (χ3n) is 5.74. The molecule has 30 heavy (non-hydrogen) atoms. The number of thiazole rings is 1. The van der Waals surface area contributed by atoms with Gasteiger partial charge in [0.2, 0.25) is 5.91 Å². The summed E-state index contributed by atoms with van der Waals surface area (Å²) >= 11 is 1.46. The first-order valence-corrected chi connectivity index (χ1v) is 11.4. The number of allylic oxidation sites excluding steroid dienone is 1. The second-order valence-corrected chi connectivity index (χ2v) is 8.83. The van der Waals surface area contributed by atoms with Crippen molar-refractivity contribution >= 4 is 28.3 Å². The Hall–Kier alpha value is -2.67. The molecule has 0 bridgehead atoms. The fourth-order valence-corrected chi connectivity index (χ4v) is 5.08. The van der Waals surface area contributed by atoms with E-state index in [0.717, 1.165) is 36.3 Å². The highest BCUT2D eigenvalue weighted by molar-refractivity contribution is 7.16. The van der Waals surface area contributed by atoms with Crippen molar-refractivity contribution in [3.63, 3.8) is 0 Å². The van der Waals surface area contributed by atoms with Crippen LogP contribution < -0.4 is 15.4 Å². The molecule has 2 aliphatic rings. The monoisotopic (exact) mass is 425 g/mol. The van der Waals surface area contributed by atoms with Gasteiger partial charge >= 0.3 is 0 Å². The average Bonchev–Trinajstić information content (AvgIpc) is 3.34. The van der Waals surface area contributed by atoms with Crippen LogP contribution in [0.5, 0.6) is 5.75 Å². The second kappa shape index (κ2) is 9.43. The standard InChI is InChI=1S/C23H27N3O3S/c1-29-17-9-7-16(8-10-17)21(27)26-23-25-20-18(11-12-19(20)30-23)22(28)24-14-13-15-5-3-2-4-6-15/h5,7-10,18H,2-4,6,11-14H2,1H3,(H,24,28)(H,25,26,27)/t18-/m0/s1. The highest BCUT2D eigenvalue weighted by Gasteiger charge is 2.32. The summed E-state index contributed by atoms with van der Waals surface area (Å²) in [6, 6.07) is 6.93. The predicted octanol–water partition coefficient (Wildman–Crippen LogP) is 4.44. The molecule has 2 aliphatic carbocycles. The predicted molar refractivity (Wildman–Crippen MR) is 118 cm³/mol. The molecule has 0 saturated carbocycles. The van der Waals surface area contributed by atoms with Crippen LogP contribution >= 0.6 is 11.3 Å². The Bertz CT molecular complexity index is 949. The van der Waals surface area contributed by atoms with Crippen molar-refractivity contribution in [2.24, 2.45) is 0 Å². The van der Waals surface area contributed by atoms with Gasteiger partial charge in [-0.05, 0) is 69.2 Å². The van der Waals surface area contributed by atoms with E-state index in [1.807, 2.05) is 0 Å². The fraction of sp³-hybridized carbons (Fsp3) is 0.435. The lowest BCUT2D eigenvalue weighted by molar-refractivity contribution is -0.122. The molecule has 1 atom stereocenters. The van der Waals surface area contributed by atoms with Crippen LogP contribution in [0, 0.1) is 0 Å². The minimum Gasteiger partial charge on any atom is -0.497 e. The summed E-state index contributed by atoms with van der Waals surface area (Å²) in [5, 5.41) is 6.49. The van der Waals surface area contributed by atoms with Crippen LogP contribution in [0.4, 0.5) is 5.13 Å². The number of methoxy groups -OCH3 is 1. The van der Waals surface area contributed by atoms with E-state index in [9.17, 15) is 9.59 Å². The fourth-order valence-electron chi connectivity index (χ4n) is 4.05. The van der Waals surface area contributed by atoms with Crippen molar-refractivity contribution in [1.82, 2.24) is 10.3 Å². The van der Waals surface area contributed by atoms with E-state index >= 15 is 0 Å². The number of carbonyl (C=O) groups is 2. The molecule has 1 aromatic carbocycles. The van der Waals surface area contributed by atoms with Gasteiger partial charge in [-0.3, -0.25) is 14.9 Å². The van der Waals surface area contributed by atoms with Gasteiger partial charge in [0.1, 0.15) is 5.75 Å². The highest BCUT2D eigenvalue weighted by atomic mass is 32.1. The van der Waals surface area contributed by atoms with Gasteiger partial charge in [0.25, 0.3) is 5.91 Å². The third-order valence-corrected chi connectivity index (χ3v) is 6.78. The zero-order valence-corrected chi connectivity index (χ0v) is 18.0. The van der Waals surface area contributed by atoms with E-state index in [-0.39, 0.29) is 17.7 Å². The van der Waals surface area contributed by atoms with E-state index in [1.165, 1.54) is 36.2 Å². The molecule has 2 aromatic rings. The zero-order valence-electron chi connectivity index (χ0n) is 17.2. The van der Waals surface area contributed by atoms with E-state index < -0.39 is 0 Å². The maximum Gasteiger partial charge on any atom is 0.257 e. The van der Waals surface area contributed by atoms with Gasteiger partial charge in [-0.2, -0.15) is 0 Å². The van der Waals surface area contributed by atoms with Crippen LogP contribution in [-0.2, 0) is 11.2 Å². The summed E-state index contributed by atoms with van der Waals surface area (Å²) in [5.74, 6) is 0.312. The number of hydrogen-bond acceptors (Lipinski definition) is 5. The molecule has 6 nitrogen and oxygen atoms in total. The lowest BCUT2D eigenvalue weighted by atomic mass is 9.97. The summed E-state index contributed by atoms with van der Waals surface area (Å²) in [4.78, 5) is 30.8. The SMILES string of the molecule is COc1ccc(C(=O)Nc2nc3c(s2)CC[C@@H]3C(=O)NCCC2=CCCCC2)cc1. The van der Waals surface area contributed by atoms with Crippen molar-refractivity contribution in [1.29, 1.82) is 0 Å².